The van der Waals surface area contributed by atoms with Crippen LogP contribution in [0.3, 0.4) is 0 Å². The number of nitrogens with zero attached hydrogens (tertiary/aromatic N) is 5. The van der Waals surface area contributed by atoms with Gasteiger partial charge in [-0.2, -0.15) is 5.10 Å². The molecule has 0 aliphatic carbocycles. The minimum Gasteiger partial charge on any atom is -0.354 e. The number of aryl methyl sites for hydroxylation is 3. The fraction of sp³-hybridized carbons (Fsp3) is 0.381. The summed E-state index contributed by atoms with van der Waals surface area (Å²) in [6.07, 6.45) is 0. The molecule has 1 aliphatic rings. The highest BCUT2D eigenvalue weighted by Gasteiger charge is 2.18. The molecule has 7 nitrogen and oxygen atoms in total. The van der Waals surface area contributed by atoms with Gasteiger partial charge in [0, 0.05) is 48.9 Å². The molecule has 29 heavy (non-hydrogen) atoms. The molecule has 0 spiro atoms. The maximum absolute atomic E-state index is 4.88. The molecule has 0 saturated carbocycles. The van der Waals surface area contributed by atoms with E-state index in [9.17, 15) is 0 Å². The van der Waals surface area contributed by atoms with Gasteiger partial charge in [0.2, 0.25) is 0 Å². The zero-order valence-electron chi connectivity index (χ0n) is 17.4. The van der Waals surface area contributed by atoms with E-state index < -0.39 is 0 Å². The van der Waals surface area contributed by atoms with Gasteiger partial charge in [-0.1, -0.05) is 17.7 Å². The van der Waals surface area contributed by atoms with Gasteiger partial charge in [-0.15, -0.1) is 0 Å². The molecule has 0 unspecified atom stereocenters. The van der Waals surface area contributed by atoms with Crippen LogP contribution in [0, 0.1) is 20.8 Å². The Morgan fingerprint density at radius 2 is 1.76 bits per heavy atom. The molecule has 2 aromatic heterocycles. The largest absolute Gasteiger partial charge is 0.354 e. The average Bonchev–Trinajstić information content (AvgIpc) is 3.09. The highest BCUT2D eigenvalue weighted by atomic mass is 32.2. The van der Waals surface area contributed by atoms with Crippen LogP contribution in [0.15, 0.2) is 40.4 Å². The predicted molar refractivity (Wildman–Crippen MR) is 118 cm³/mol. The lowest BCUT2D eigenvalue weighted by Crippen LogP contribution is -2.44. The number of rotatable bonds is 5. The van der Waals surface area contributed by atoms with Crippen molar-refractivity contribution in [2.75, 3.05) is 43.4 Å². The third-order valence-corrected chi connectivity index (χ3v) is 6.06. The molecule has 4 rings (SSSR count). The summed E-state index contributed by atoms with van der Waals surface area (Å²) in [6, 6.07) is 10.4. The lowest BCUT2D eigenvalue weighted by Gasteiger charge is -2.33. The van der Waals surface area contributed by atoms with Crippen LogP contribution in [0.4, 0.5) is 17.5 Å². The summed E-state index contributed by atoms with van der Waals surface area (Å²) in [7, 11) is 2.16. The Morgan fingerprint density at radius 1 is 0.966 bits per heavy atom. The topological polar surface area (TPSA) is 73.0 Å². The van der Waals surface area contributed by atoms with Crippen molar-refractivity contribution in [3.8, 4) is 0 Å². The van der Waals surface area contributed by atoms with E-state index in [0.717, 1.165) is 54.5 Å². The van der Waals surface area contributed by atoms with E-state index in [1.54, 1.807) is 11.8 Å². The third kappa shape index (κ3) is 4.89. The van der Waals surface area contributed by atoms with Crippen LogP contribution in [0.1, 0.15) is 16.8 Å². The van der Waals surface area contributed by atoms with E-state index in [1.165, 1.54) is 16.0 Å². The Labute approximate surface area is 175 Å². The molecular weight excluding hydrogens is 382 g/mol. The number of benzene rings is 1. The Balaban J connectivity index is 1.65. The van der Waals surface area contributed by atoms with Gasteiger partial charge in [-0.3, -0.25) is 5.10 Å². The van der Waals surface area contributed by atoms with Gasteiger partial charge < -0.3 is 15.1 Å². The summed E-state index contributed by atoms with van der Waals surface area (Å²) in [4.78, 5) is 15.5. The molecule has 1 aliphatic heterocycles. The van der Waals surface area contributed by atoms with Crippen molar-refractivity contribution in [2.24, 2.45) is 0 Å². The van der Waals surface area contributed by atoms with Crippen molar-refractivity contribution in [2.45, 2.75) is 30.8 Å². The molecule has 0 radical (unpaired) electrons. The molecule has 1 fully saturated rings. The molecule has 3 heterocycles. The quantitative estimate of drug-likeness (QED) is 0.622. The number of piperazine rings is 1. The molecule has 0 bridgehead atoms. The van der Waals surface area contributed by atoms with Crippen molar-refractivity contribution >= 4 is 29.2 Å². The van der Waals surface area contributed by atoms with Crippen molar-refractivity contribution in [3.63, 3.8) is 0 Å². The third-order valence-electron chi connectivity index (χ3n) is 5.01. The molecule has 1 aromatic carbocycles. The Bertz CT molecular complexity index is 992. The normalized spacial score (nSPS) is 15.0. The molecule has 0 amide bonds. The van der Waals surface area contributed by atoms with E-state index in [1.807, 2.05) is 19.1 Å². The van der Waals surface area contributed by atoms with Gasteiger partial charge in [-0.25, -0.2) is 9.97 Å². The summed E-state index contributed by atoms with van der Waals surface area (Å²) >= 11 is 1.60. The van der Waals surface area contributed by atoms with Crippen LogP contribution in [0.25, 0.3) is 0 Å². The van der Waals surface area contributed by atoms with Gasteiger partial charge >= 0.3 is 0 Å². The Morgan fingerprint density at radius 3 is 2.45 bits per heavy atom. The predicted octanol–water partition coefficient (Wildman–Crippen LogP) is 3.77. The first-order valence-corrected chi connectivity index (χ1v) is 10.6. The van der Waals surface area contributed by atoms with Crippen molar-refractivity contribution in [1.82, 2.24) is 25.1 Å². The van der Waals surface area contributed by atoms with E-state index in [2.05, 4.69) is 64.4 Å². The number of likely N-dealkylation sites (N-methyl/N-ethyl adjacent to an activating group) is 1. The maximum Gasteiger partial charge on any atom is 0.196 e. The van der Waals surface area contributed by atoms with Crippen LogP contribution in [-0.2, 0) is 0 Å². The molecule has 152 valence electrons. The number of anilines is 3. The SMILES string of the molecule is Cc1ccc(Sc2nc(Nc3cc(C)[nH]n3)cc(N3CCN(C)CC3)n2)c(C)c1. The van der Waals surface area contributed by atoms with Crippen LogP contribution in [0.5, 0.6) is 0 Å². The van der Waals surface area contributed by atoms with Crippen LogP contribution < -0.4 is 10.2 Å². The molecule has 3 aromatic rings. The standard InChI is InChI=1S/C21H27N7S/c1-14-5-6-17(15(2)11-14)29-21-23-18(22-19-12-16(3)25-26-19)13-20(24-21)28-9-7-27(4)8-10-28/h5-6,11-13H,7-10H2,1-4H3,(H2,22,23,24,25,26). The van der Waals surface area contributed by atoms with Gasteiger partial charge in [0.1, 0.15) is 11.6 Å². The van der Waals surface area contributed by atoms with E-state index in [-0.39, 0.29) is 0 Å². The number of aromatic amines is 1. The smallest absolute Gasteiger partial charge is 0.196 e. The fourth-order valence-corrected chi connectivity index (χ4v) is 4.18. The summed E-state index contributed by atoms with van der Waals surface area (Å²) < 4.78 is 0. The van der Waals surface area contributed by atoms with Crippen LogP contribution >= 0.6 is 11.8 Å². The molecule has 2 N–H and O–H groups in total. The minimum atomic E-state index is 0.739. The average molecular weight is 410 g/mol. The summed E-state index contributed by atoms with van der Waals surface area (Å²) in [5.74, 6) is 2.47. The van der Waals surface area contributed by atoms with Crippen LogP contribution in [0.2, 0.25) is 0 Å². The van der Waals surface area contributed by atoms with E-state index in [4.69, 9.17) is 9.97 Å². The van der Waals surface area contributed by atoms with Gasteiger partial charge in [0.25, 0.3) is 0 Å². The van der Waals surface area contributed by atoms with Gasteiger partial charge in [0.15, 0.2) is 11.0 Å². The first-order chi connectivity index (χ1) is 14.0. The van der Waals surface area contributed by atoms with Crippen molar-refractivity contribution in [3.05, 3.63) is 47.2 Å². The first kappa shape index (κ1) is 19.7. The number of hydrogen-bond acceptors (Lipinski definition) is 7. The number of aromatic nitrogens is 4. The number of hydrogen-bond donors (Lipinski definition) is 2. The second kappa shape index (κ2) is 8.42. The van der Waals surface area contributed by atoms with Crippen molar-refractivity contribution in [1.29, 1.82) is 0 Å². The minimum absolute atomic E-state index is 0.739. The molecule has 8 heteroatoms. The van der Waals surface area contributed by atoms with Crippen LogP contribution in [-0.4, -0.2) is 58.3 Å². The Kier molecular flexibility index (Phi) is 5.73. The molecular formula is C21H27N7S. The highest BCUT2D eigenvalue weighted by molar-refractivity contribution is 7.99. The number of H-pyrrole nitrogens is 1. The summed E-state index contributed by atoms with van der Waals surface area (Å²) in [5.41, 5.74) is 3.50. The second-order valence-corrected chi connectivity index (χ2v) is 8.63. The zero-order chi connectivity index (χ0) is 20.4. The first-order valence-electron chi connectivity index (χ1n) is 9.83. The highest BCUT2D eigenvalue weighted by Crippen LogP contribution is 2.31. The lowest BCUT2D eigenvalue weighted by atomic mass is 10.2. The van der Waals surface area contributed by atoms with E-state index in [0.29, 0.717) is 0 Å². The maximum atomic E-state index is 4.88. The summed E-state index contributed by atoms with van der Waals surface area (Å²) in [6.45, 7) is 10.2. The lowest BCUT2D eigenvalue weighted by molar-refractivity contribution is 0.312. The number of nitrogens with one attached hydrogen (secondary N) is 2. The fourth-order valence-electron chi connectivity index (χ4n) is 3.35. The Hall–Kier alpha value is -2.58. The second-order valence-electron chi connectivity index (χ2n) is 7.62. The molecule has 1 saturated heterocycles. The molecule has 0 atom stereocenters. The van der Waals surface area contributed by atoms with E-state index >= 15 is 0 Å². The zero-order valence-corrected chi connectivity index (χ0v) is 18.2. The van der Waals surface area contributed by atoms with Crippen molar-refractivity contribution < 1.29 is 0 Å². The van der Waals surface area contributed by atoms with Gasteiger partial charge in [0.05, 0.1) is 0 Å². The monoisotopic (exact) mass is 409 g/mol. The van der Waals surface area contributed by atoms with Gasteiger partial charge in [-0.05, 0) is 51.2 Å². The summed E-state index contributed by atoms with van der Waals surface area (Å²) in [5, 5.41) is 11.3.